The number of hydrogen-bond acceptors (Lipinski definition) is 4. The Kier molecular flexibility index (Phi) is 4.55. The van der Waals surface area contributed by atoms with Crippen LogP contribution in [0.25, 0.3) is 22.6 Å². The number of benzene rings is 2. The summed E-state index contributed by atoms with van der Waals surface area (Å²) in [6.45, 7) is 4.11. The molecule has 26 heavy (non-hydrogen) atoms. The first-order valence-corrected chi connectivity index (χ1v) is 8.62. The second kappa shape index (κ2) is 6.99. The van der Waals surface area contributed by atoms with Crippen molar-refractivity contribution in [2.45, 2.75) is 12.8 Å². The maximum atomic E-state index is 13.4. The smallest absolute Gasteiger partial charge is 0.227 e. The normalized spacial score (nSPS) is 15.0. The number of anilines is 1. The van der Waals surface area contributed by atoms with Crippen LogP contribution < -0.4 is 5.32 Å². The second-order valence-corrected chi connectivity index (χ2v) is 6.43. The lowest BCUT2D eigenvalue weighted by Gasteiger charge is -2.15. The van der Waals surface area contributed by atoms with Crippen LogP contribution >= 0.6 is 0 Å². The Morgan fingerprint density at radius 2 is 1.77 bits per heavy atom. The number of oxazole rings is 1. The van der Waals surface area contributed by atoms with E-state index in [1.54, 1.807) is 6.07 Å². The van der Waals surface area contributed by atoms with Crippen LogP contribution in [0.2, 0.25) is 0 Å². The van der Waals surface area contributed by atoms with Gasteiger partial charge in [-0.25, -0.2) is 18.2 Å². The highest BCUT2D eigenvalue weighted by molar-refractivity contribution is 5.80. The zero-order valence-corrected chi connectivity index (χ0v) is 14.1. The van der Waals surface area contributed by atoms with E-state index in [4.69, 9.17) is 4.42 Å². The monoisotopic (exact) mass is 361 g/mol. The predicted molar refractivity (Wildman–Crippen MR) is 93.5 cm³/mol. The fourth-order valence-electron chi connectivity index (χ4n) is 3.20. The molecule has 1 fully saturated rings. The number of fused-ring (bicyclic) bond motifs is 1. The van der Waals surface area contributed by atoms with Gasteiger partial charge < -0.3 is 14.6 Å². The minimum Gasteiger partial charge on any atom is -0.436 e. The molecular weight excluding hydrogens is 343 g/mol. The van der Waals surface area contributed by atoms with E-state index < -0.39 is 17.5 Å². The van der Waals surface area contributed by atoms with Gasteiger partial charge in [0.15, 0.2) is 23.0 Å². The van der Waals surface area contributed by atoms with Crippen LogP contribution in [0.3, 0.4) is 0 Å². The van der Waals surface area contributed by atoms with E-state index in [1.165, 1.54) is 12.8 Å². The van der Waals surface area contributed by atoms with E-state index in [9.17, 15) is 13.2 Å². The first kappa shape index (κ1) is 16.9. The number of aromatic nitrogens is 1. The lowest BCUT2D eigenvalue weighted by atomic mass is 10.2. The summed E-state index contributed by atoms with van der Waals surface area (Å²) in [5, 5.41) is 3.35. The molecule has 0 spiro atoms. The van der Waals surface area contributed by atoms with Crippen molar-refractivity contribution in [3.63, 3.8) is 0 Å². The quantitative estimate of drug-likeness (QED) is 0.683. The molecule has 1 N–H and O–H groups in total. The molecule has 3 aromatic rings. The summed E-state index contributed by atoms with van der Waals surface area (Å²) < 4.78 is 45.5. The molecule has 1 aliphatic heterocycles. The molecule has 0 aliphatic carbocycles. The Morgan fingerprint density at radius 3 is 2.50 bits per heavy atom. The van der Waals surface area contributed by atoms with E-state index >= 15 is 0 Å². The molecule has 0 unspecified atom stereocenters. The Hall–Kier alpha value is -2.54. The zero-order valence-electron chi connectivity index (χ0n) is 14.1. The molecule has 4 nitrogen and oxygen atoms in total. The molecule has 1 aromatic heterocycles. The van der Waals surface area contributed by atoms with Crippen LogP contribution in [0, 0.1) is 17.5 Å². The third kappa shape index (κ3) is 3.39. The van der Waals surface area contributed by atoms with E-state index in [2.05, 4.69) is 15.2 Å². The highest BCUT2D eigenvalue weighted by Gasteiger charge is 2.16. The lowest BCUT2D eigenvalue weighted by molar-refractivity contribution is 0.352. The van der Waals surface area contributed by atoms with Crippen LogP contribution in [0.1, 0.15) is 12.8 Å². The molecule has 2 aromatic carbocycles. The first-order valence-electron chi connectivity index (χ1n) is 8.62. The number of halogens is 3. The summed E-state index contributed by atoms with van der Waals surface area (Å²) in [5.41, 5.74) is 2.01. The van der Waals surface area contributed by atoms with Crippen LogP contribution in [-0.4, -0.2) is 36.1 Å². The maximum absolute atomic E-state index is 13.4. The number of rotatable bonds is 5. The van der Waals surface area contributed by atoms with Crippen LogP contribution in [0.5, 0.6) is 0 Å². The minimum absolute atomic E-state index is 0.0482. The number of likely N-dealkylation sites (tertiary alicyclic amines) is 1. The van der Waals surface area contributed by atoms with Crippen molar-refractivity contribution >= 4 is 16.8 Å². The highest BCUT2D eigenvalue weighted by atomic mass is 19.2. The minimum atomic E-state index is -1.51. The van der Waals surface area contributed by atoms with Gasteiger partial charge in [0.2, 0.25) is 5.89 Å². The second-order valence-electron chi connectivity index (χ2n) is 6.43. The van der Waals surface area contributed by atoms with Crippen LogP contribution in [0.15, 0.2) is 34.7 Å². The fraction of sp³-hybridized carbons (Fsp3) is 0.316. The van der Waals surface area contributed by atoms with Crippen molar-refractivity contribution in [3.8, 4) is 11.5 Å². The van der Waals surface area contributed by atoms with Crippen molar-refractivity contribution < 1.29 is 17.6 Å². The van der Waals surface area contributed by atoms with Gasteiger partial charge in [-0.1, -0.05) is 0 Å². The van der Waals surface area contributed by atoms with E-state index in [0.29, 0.717) is 11.1 Å². The highest BCUT2D eigenvalue weighted by Crippen LogP contribution is 2.28. The molecule has 136 valence electrons. The standard InChI is InChI=1S/C19H18F3N3O/c20-14-9-12(10-15(21)18(14)22)19-24-16-11-13(3-4-17(16)26-19)23-5-8-25-6-1-2-7-25/h3-4,9-11,23H,1-2,5-8H2. The Morgan fingerprint density at radius 1 is 1.04 bits per heavy atom. The molecule has 7 heteroatoms. The van der Waals surface area contributed by atoms with Gasteiger partial charge in [0.25, 0.3) is 0 Å². The van der Waals surface area contributed by atoms with E-state index in [-0.39, 0.29) is 11.5 Å². The topological polar surface area (TPSA) is 41.3 Å². The SMILES string of the molecule is Fc1cc(-c2nc3cc(NCCN4CCCC4)ccc3o2)cc(F)c1F. The molecule has 0 bridgehead atoms. The van der Waals surface area contributed by atoms with Gasteiger partial charge in [0, 0.05) is 24.3 Å². The van der Waals surface area contributed by atoms with Gasteiger partial charge in [-0.3, -0.25) is 0 Å². The summed E-state index contributed by atoms with van der Waals surface area (Å²) in [6, 6.07) is 7.19. The van der Waals surface area contributed by atoms with Gasteiger partial charge >= 0.3 is 0 Å². The molecule has 4 rings (SSSR count). The molecular formula is C19H18F3N3O. The van der Waals surface area contributed by atoms with Gasteiger partial charge in [0.1, 0.15) is 5.52 Å². The predicted octanol–water partition coefficient (Wildman–Crippen LogP) is 4.42. The largest absolute Gasteiger partial charge is 0.436 e. The average molecular weight is 361 g/mol. The average Bonchev–Trinajstić information content (AvgIpc) is 3.28. The Labute approximate surface area is 148 Å². The summed E-state index contributed by atoms with van der Waals surface area (Å²) in [6.07, 6.45) is 2.52. The van der Waals surface area contributed by atoms with Crippen molar-refractivity contribution in [1.82, 2.24) is 9.88 Å². The van der Waals surface area contributed by atoms with E-state index in [1.807, 2.05) is 12.1 Å². The van der Waals surface area contributed by atoms with Gasteiger partial charge in [-0.2, -0.15) is 0 Å². The summed E-state index contributed by atoms with van der Waals surface area (Å²) in [7, 11) is 0. The van der Waals surface area contributed by atoms with E-state index in [0.717, 1.165) is 44.0 Å². The van der Waals surface area contributed by atoms with Gasteiger partial charge in [-0.05, 0) is 56.3 Å². The molecule has 0 saturated carbocycles. The van der Waals surface area contributed by atoms with Crippen molar-refractivity contribution in [3.05, 3.63) is 47.8 Å². The molecule has 2 heterocycles. The summed E-state index contributed by atoms with van der Waals surface area (Å²) in [5.74, 6) is -4.00. The van der Waals surface area contributed by atoms with Crippen molar-refractivity contribution in [1.29, 1.82) is 0 Å². The summed E-state index contributed by atoms with van der Waals surface area (Å²) >= 11 is 0. The zero-order chi connectivity index (χ0) is 18.1. The van der Waals surface area contributed by atoms with Gasteiger partial charge in [-0.15, -0.1) is 0 Å². The number of nitrogens with zero attached hydrogens (tertiary/aromatic N) is 2. The van der Waals surface area contributed by atoms with Crippen molar-refractivity contribution in [2.75, 3.05) is 31.5 Å². The molecule has 0 radical (unpaired) electrons. The third-order valence-electron chi connectivity index (χ3n) is 4.57. The maximum Gasteiger partial charge on any atom is 0.227 e. The molecule has 1 saturated heterocycles. The van der Waals surface area contributed by atoms with Crippen LogP contribution in [-0.2, 0) is 0 Å². The lowest BCUT2D eigenvalue weighted by Crippen LogP contribution is -2.25. The number of hydrogen-bond donors (Lipinski definition) is 1. The first-order chi connectivity index (χ1) is 12.6. The molecule has 0 atom stereocenters. The number of nitrogens with one attached hydrogen (secondary N) is 1. The Bertz CT molecular complexity index is 912. The summed E-state index contributed by atoms with van der Waals surface area (Å²) in [4.78, 5) is 6.68. The third-order valence-corrected chi connectivity index (χ3v) is 4.57. The van der Waals surface area contributed by atoms with Crippen molar-refractivity contribution in [2.24, 2.45) is 0 Å². The van der Waals surface area contributed by atoms with Gasteiger partial charge in [0.05, 0.1) is 0 Å². The van der Waals surface area contributed by atoms with Crippen LogP contribution in [0.4, 0.5) is 18.9 Å². The Balaban J connectivity index is 1.52. The fourth-order valence-corrected chi connectivity index (χ4v) is 3.20. The molecule has 0 amide bonds. The molecule has 1 aliphatic rings.